The maximum absolute atomic E-state index is 12.8. The molecule has 0 unspecified atom stereocenters. The fraction of sp³-hybridized carbons (Fsp3) is 0.333. The second kappa shape index (κ2) is 9.37. The number of piperidine rings is 1. The molecule has 0 saturated carbocycles. The summed E-state index contributed by atoms with van der Waals surface area (Å²) < 4.78 is 10.5. The summed E-state index contributed by atoms with van der Waals surface area (Å²) in [6, 6.07) is 9.88. The van der Waals surface area contributed by atoms with Crippen molar-refractivity contribution in [3.05, 3.63) is 57.6 Å². The highest BCUT2D eigenvalue weighted by Crippen LogP contribution is 2.28. The minimum Gasteiger partial charge on any atom is -0.493 e. The first-order valence-electron chi connectivity index (χ1n) is 9.20. The van der Waals surface area contributed by atoms with Gasteiger partial charge in [-0.25, -0.2) is 0 Å². The number of nitrogens with one attached hydrogen (secondary N) is 1. The van der Waals surface area contributed by atoms with E-state index in [0.717, 1.165) is 0 Å². The topological polar surface area (TPSA) is 67.9 Å². The quantitative estimate of drug-likeness (QED) is 0.767. The molecule has 1 saturated heterocycles. The molecule has 0 radical (unpaired) electrons. The van der Waals surface area contributed by atoms with Gasteiger partial charge in [-0.15, -0.1) is 0 Å². The number of nitrogens with zero attached hydrogens (tertiary/aromatic N) is 1. The lowest BCUT2D eigenvalue weighted by molar-refractivity contribution is 0.0697. The molecule has 0 atom stereocenters. The van der Waals surface area contributed by atoms with Crippen LogP contribution in [-0.2, 0) is 0 Å². The summed E-state index contributed by atoms with van der Waals surface area (Å²) in [7, 11) is 3.09. The molecule has 0 aliphatic carbocycles. The van der Waals surface area contributed by atoms with E-state index in [0.29, 0.717) is 58.6 Å². The molecule has 1 heterocycles. The third kappa shape index (κ3) is 4.95. The number of methoxy groups -OCH3 is 2. The van der Waals surface area contributed by atoms with Crippen molar-refractivity contribution in [1.82, 2.24) is 10.2 Å². The number of amides is 2. The second-order valence-corrected chi connectivity index (χ2v) is 7.58. The third-order valence-corrected chi connectivity index (χ3v) is 5.47. The number of carbonyl (C=O) groups excluding carboxylic acids is 2. The third-order valence-electron chi connectivity index (χ3n) is 4.92. The van der Waals surface area contributed by atoms with Crippen molar-refractivity contribution in [1.29, 1.82) is 0 Å². The molecule has 1 N–H and O–H groups in total. The van der Waals surface area contributed by atoms with E-state index in [9.17, 15) is 9.59 Å². The number of halogens is 2. The normalized spacial score (nSPS) is 14.4. The summed E-state index contributed by atoms with van der Waals surface area (Å²) in [4.78, 5) is 27.1. The predicted octanol–water partition coefficient (Wildman–Crippen LogP) is 4.05. The highest BCUT2D eigenvalue weighted by atomic mass is 35.5. The number of hydrogen-bond acceptors (Lipinski definition) is 4. The van der Waals surface area contributed by atoms with E-state index in [2.05, 4.69) is 5.32 Å². The van der Waals surface area contributed by atoms with E-state index in [-0.39, 0.29) is 17.9 Å². The Morgan fingerprint density at radius 1 is 1.00 bits per heavy atom. The van der Waals surface area contributed by atoms with Crippen LogP contribution in [0.2, 0.25) is 10.0 Å². The van der Waals surface area contributed by atoms with Gasteiger partial charge in [0.25, 0.3) is 11.8 Å². The lowest BCUT2D eigenvalue weighted by atomic mass is 10.0. The first-order chi connectivity index (χ1) is 13.9. The minimum absolute atomic E-state index is 0.0244. The summed E-state index contributed by atoms with van der Waals surface area (Å²) in [5.74, 6) is 0.777. The van der Waals surface area contributed by atoms with E-state index in [4.69, 9.17) is 32.7 Å². The van der Waals surface area contributed by atoms with Crippen LogP contribution >= 0.6 is 23.2 Å². The molecule has 2 aromatic carbocycles. The summed E-state index contributed by atoms with van der Waals surface area (Å²) in [6.45, 7) is 1.10. The lowest BCUT2D eigenvalue weighted by Gasteiger charge is -2.32. The van der Waals surface area contributed by atoms with Gasteiger partial charge in [0.15, 0.2) is 11.5 Å². The van der Waals surface area contributed by atoms with E-state index in [1.54, 1.807) is 48.4 Å². The van der Waals surface area contributed by atoms with Gasteiger partial charge < -0.3 is 19.7 Å². The summed E-state index contributed by atoms with van der Waals surface area (Å²) in [5.41, 5.74) is 0.929. The average Bonchev–Trinajstić information content (AvgIpc) is 2.73. The molecule has 2 aromatic rings. The Labute approximate surface area is 179 Å². The van der Waals surface area contributed by atoms with Crippen LogP contribution in [-0.4, -0.2) is 50.1 Å². The van der Waals surface area contributed by atoms with Crippen molar-refractivity contribution >= 4 is 35.0 Å². The van der Waals surface area contributed by atoms with Gasteiger partial charge in [0.2, 0.25) is 0 Å². The van der Waals surface area contributed by atoms with Gasteiger partial charge in [-0.1, -0.05) is 23.2 Å². The molecule has 3 rings (SSSR count). The van der Waals surface area contributed by atoms with Crippen LogP contribution in [0, 0.1) is 0 Å². The maximum atomic E-state index is 12.8. The molecule has 0 bridgehead atoms. The molecule has 0 aromatic heterocycles. The molecule has 29 heavy (non-hydrogen) atoms. The van der Waals surface area contributed by atoms with Crippen molar-refractivity contribution in [3.63, 3.8) is 0 Å². The zero-order chi connectivity index (χ0) is 21.0. The molecule has 1 aliphatic rings. The van der Waals surface area contributed by atoms with Gasteiger partial charge in [-0.05, 0) is 49.2 Å². The molecular formula is C21H22Cl2N2O4. The van der Waals surface area contributed by atoms with E-state index in [1.165, 1.54) is 7.11 Å². The molecule has 1 fully saturated rings. The van der Waals surface area contributed by atoms with Gasteiger partial charge in [-0.3, -0.25) is 9.59 Å². The summed E-state index contributed by atoms with van der Waals surface area (Å²) >= 11 is 12.0. The van der Waals surface area contributed by atoms with Crippen LogP contribution in [0.5, 0.6) is 11.5 Å². The average molecular weight is 437 g/mol. The Kier molecular flexibility index (Phi) is 6.87. The van der Waals surface area contributed by atoms with Crippen molar-refractivity contribution in [2.75, 3.05) is 27.3 Å². The number of benzene rings is 2. The van der Waals surface area contributed by atoms with Gasteiger partial charge in [0, 0.05) is 29.7 Å². The molecule has 0 spiro atoms. The molecule has 8 heteroatoms. The van der Waals surface area contributed by atoms with Crippen molar-refractivity contribution < 1.29 is 19.1 Å². The number of likely N-dealkylation sites (tertiary alicyclic amines) is 1. The number of rotatable bonds is 5. The molecule has 6 nitrogen and oxygen atoms in total. The van der Waals surface area contributed by atoms with Crippen LogP contribution in [0.25, 0.3) is 0 Å². The van der Waals surface area contributed by atoms with Gasteiger partial charge in [-0.2, -0.15) is 0 Å². The van der Waals surface area contributed by atoms with Gasteiger partial charge >= 0.3 is 0 Å². The molecular weight excluding hydrogens is 415 g/mol. The molecule has 2 amide bonds. The SMILES string of the molecule is COc1ccc(C(=O)N2CCC(NC(=O)c3ccc(Cl)cc3Cl)CC2)cc1OC. The van der Waals surface area contributed by atoms with E-state index < -0.39 is 0 Å². The second-order valence-electron chi connectivity index (χ2n) is 6.73. The van der Waals surface area contributed by atoms with Crippen molar-refractivity contribution in [2.24, 2.45) is 0 Å². The Hall–Kier alpha value is -2.44. The Morgan fingerprint density at radius 3 is 2.31 bits per heavy atom. The van der Waals surface area contributed by atoms with Gasteiger partial charge in [0.1, 0.15) is 0 Å². The van der Waals surface area contributed by atoms with E-state index in [1.807, 2.05) is 0 Å². The summed E-state index contributed by atoms with van der Waals surface area (Å²) in [6.07, 6.45) is 1.33. The minimum atomic E-state index is -0.240. The Balaban J connectivity index is 1.58. The van der Waals surface area contributed by atoms with Crippen LogP contribution in [0.1, 0.15) is 33.6 Å². The summed E-state index contributed by atoms with van der Waals surface area (Å²) in [5, 5.41) is 3.78. The Morgan fingerprint density at radius 2 is 1.69 bits per heavy atom. The number of ether oxygens (including phenoxy) is 2. The van der Waals surface area contributed by atoms with Crippen molar-refractivity contribution in [3.8, 4) is 11.5 Å². The smallest absolute Gasteiger partial charge is 0.253 e. The number of carbonyl (C=O) groups is 2. The Bertz CT molecular complexity index is 912. The van der Waals surface area contributed by atoms with Crippen molar-refractivity contribution in [2.45, 2.75) is 18.9 Å². The van der Waals surface area contributed by atoms with Crippen LogP contribution < -0.4 is 14.8 Å². The lowest BCUT2D eigenvalue weighted by Crippen LogP contribution is -2.46. The number of hydrogen-bond donors (Lipinski definition) is 1. The largest absolute Gasteiger partial charge is 0.493 e. The molecule has 154 valence electrons. The van der Waals surface area contributed by atoms with E-state index >= 15 is 0 Å². The fourth-order valence-electron chi connectivity index (χ4n) is 3.32. The van der Waals surface area contributed by atoms with Gasteiger partial charge in [0.05, 0.1) is 24.8 Å². The first kappa shape index (κ1) is 21.3. The highest BCUT2D eigenvalue weighted by molar-refractivity contribution is 6.36. The fourth-order valence-corrected chi connectivity index (χ4v) is 3.81. The predicted molar refractivity (Wildman–Crippen MR) is 112 cm³/mol. The highest BCUT2D eigenvalue weighted by Gasteiger charge is 2.26. The standard InChI is InChI=1S/C21H22Cl2N2O4/c1-28-18-6-3-13(11-19(18)29-2)21(27)25-9-7-15(8-10-25)24-20(26)16-5-4-14(22)12-17(16)23/h3-6,11-12,15H,7-10H2,1-2H3,(H,24,26). The van der Waals surface area contributed by atoms with Crippen LogP contribution in [0.15, 0.2) is 36.4 Å². The van der Waals surface area contributed by atoms with Crippen LogP contribution in [0.4, 0.5) is 0 Å². The molecule has 1 aliphatic heterocycles. The zero-order valence-corrected chi connectivity index (χ0v) is 17.7. The zero-order valence-electron chi connectivity index (χ0n) is 16.2. The first-order valence-corrected chi connectivity index (χ1v) is 9.95. The monoisotopic (exact) mass is 436 g/mol. The van der Waals surface area contributed by atoms with Crippen LogP contribution in [0.3, 0.4) is 0 Å². The maximum Gasteiger partial charge on any atom is 0.253 e.